The molecule has 46 heavy (non-hydrogen) atoms. The van der Waals surface area contributed by atoms with E-state index >= 15 is 0 Å². The minimum Gasteiger partial charge on any atom is -0.462 e. The van der Waals surface area contributed by atoms with Crippen molar-refractivity contribution >= 4 is 30.5 Å². The number of nitrogens with two attached hydrogens (primary N) is 1. The zero-order valence-electron chi connectivity index (χ0n) is 30.0. The average molecular weight is 672 g/mol. The van der Waals surface area contributed by atoms with Crippen LogP contribution in [0.3, 0.4) is 0 Å². The van der Waals surface area contributed by atoms with E-state index in [9.17, 15) is 14.4 Å². The van der Waals surface area contributed by atoms with Crippen molar-refractivity contribution in [3.63, 3.8) is 0 Å². The van der Waals surface area contributed by atoms with Crippen LogP contribution >= 0.6 is 12.6 Å². The van der Waals surface area contributed by atoms with Gasteiger partial charge in [-0.05, 0) is 12.8 Å². The quantitative estimate of drug-likeness (QED) is 0.0299. The van der Waals surface area contributed by atoms with Crippen molar-refractivity contribution in [1.82, 2.24) is 0 Å². The number of carbonyl (C=O) groups excluding carboxylic acids is 3. The Balaban J connectivity index is 4.09. The van der Waals surface area contributed by atoms with E-state index in [0.29, 0.717) is 12.8 Å². The molecule has 0 aromatic carbocycles. The Labute approximate surface area is 289 Å². The molecule has 0 aliphatic heterocycles. The third kappa shape index (κ3) is 31.3. The largest absolute Gasteiger partial charge is 0.462 e. The first-order valence-corrected chi connectivity index (χ1v) is 20.0. The minimum absolute atomic E-state index is 0.134. The summed E-state index contributed by atoms with van der Waals surface area (Å²) in [5, 5.41) is 0. The van der Waals surface area contributed by atoms with Gasteiger partial charge in [0.05, 0.1) is 0 Å². The van der Waals surface area contributed by atoms with E-state index in [4.69, 9.17) is 19.9 Å². The van der Waals surface area contributed by atoms with Gasteiger partial charge < -0.3 is 19.9 Å². The van der Waals surface area contributed by atoms with Gasteiger partial charge in [0.2, 0.25) is 0 Å². The van der Waals surface area contributed by atoms with Gasteiger partial charge in [-0.3, -0.25) is 14.4 Å². The molecule has 0 aliphatic carbocycles. The van der Waals surface area contributed by atoms with Crippen molar-refractivity contribution in [3.05, 3.63) is 0 Å². The zero-order chi connectivity index (χ0) is 33.9. The third-order valence-corrected chi connectivity index (χ3v) is 9.00. The summed E-state index contributed by atoms with van der Waals surface area (Å²) in [7, 11) is 0. The van der Waals surface area contributed by atoms with Crippen LogP contribution in [0.25, 0.3) is 0 Å². The van der Waals surface area contributed by atoms with Crippen molar-refractivity contribution in [2.24, 2.45) is 5.73 Å². The predicted molar refractivity (Wildman–Crippen MR) is 194 cm³/mol. The fourth-order valence-electron chi connectivity index (χ4n) is 5.55. The number of hydrogen-bond acceptors (Lipinski definition) is 8. The van der Waals surface area contributed by atoms with Crippen LogP contribution in [0.2, 0.25) is 0 Å². The van der Waals surface area contributed by atoms with Gasteiger partial charge in [0.25, 0.3) is 0 Å². The highest BCUT2D eigenvalue weighted by Gasteiger charge is 2.21. The van der Waals surface area contributed by atoms with Gasteiger partial charge in [-0.25, -0.2) is 0 Å². The lowest BCUT2D eigenvalue weighted by atomic mass is 10.0. The highest BCUT2D eigenvalue weighted by atomic mass is 32.1. The molecule has 0 radical (unpaired) electrons. The number of hydrogen-bond donors (Lipinski definition) is 2. The predicted octanol–water partition coefficient (Wildman–Crippen LogP) is 10.2. The second-order valence-electron chi connectivity index (χ2n) is 13.2. The van der Waals surface area contributed by atoms with E-state index in [2.05, 4.69) is 26.5 Å². The molecule has 8 heteroatoms. The average Bonchev–Trinajstić information content (AvgIpc) is 3.05. The molecule has 0 aliphatic rings. The van der Waals surface area contributed by atoms with Crippen LogP contribution in [0, 0.1) is 0 Å². The number of ether oxygens (including phenoxy) is 3. The lowest BCUT2D eigenvalue weighted by Crippen LogP contribution is -2.37. The summed E-state index contributed by atoms with van der Waals surface area (Å²) in [6, 6.07) is -0.858. The number of carbonyl (C=O) groups is 3. The fraction of sp³-hybridized carbons (Fsp3) is 0.921. The van der Waals surface area contributed by atoms with Gasteiger partial charge in [-0.2, -0.15) is 12.6 Å². The molecule has 0 saturated carbocycles. The number of rotatable bonds is 35. The summed E-state index contributed by atoms with van der Waals surface area (Å²) in [4.78, 5) is 36.9. The first-order valence-electron chi connectivity index (χ1n) is 19.3. The molecule has 0 bridgehead atoms. The summed E-state index contributed by atoms with van der Waals surface area (Å²) in [6.07, 6.45) is 32.0. The van der Waals surface area contributed by atoms with Crippen LogP contribution in [0.1, 0.15) is 194 Å². The van der Waals surface area contributed by atoms with Crippen molar-refractivity contribution in [2.45, 2.75) is 206 Å². The third-order valence-electron chi connectivity index (χ3n) is 8.61. The molecule has 0 heterocycles. The maximum Gasteiger partial charge on any atom is 0.323 e. The Morgan fingerprint density at radius 3 is 1.20 bits per heavy atom. The number of unbranched alkanes of at least 4 members (excludes halogenated alkanes) is 24. The molecule has 272 valence electrons. The van der Waals surface area contributed by atoms with E-state index in [1.807, 2.05) is 0 Å². The summed E-state index contributed by atoms with van der Waals surface area (Å²) in [5.74, 6) is -1.16. The molecule has 0 spiro atoms. The van der Waals surface area contributed by atoms with Crippen molar-refractivity contribution in [1.29, 1.82) is 0 Å². The van der Waals surface area contributed by atoms with E-state index in [1.54, 1.807) is 0 Å². The normalized spacial score (nSPS) is 12.5. The Morgan fingerprint density at radius 2 is 0.826 bits per heavy atom. The Bertz CT molecular complexity index is 707. The molecule has 2 atom stereocenters. The first-order chi connectivity index (χ1) is 22.4. The molecular weight excluding hydrogens is 598 g/mol. The summed E-state index contributed by atoms with van der Waals surface area (Å²) in [6.45, 7) is 4.18. The highest BCUT2D eigenvalue weighted by Crippen LogP contribution is 2.15. The molecule has 2 N–H and O–H groups in total. The maximum atomic E-state index is 12.5. The summed E-state index contributed by atoms with van der Waals surface area (Å²) in [5.41, 5.74) is 5.68. The van der Waals surface area contributed by atoms with E-state index < -0.39 is 18.1 Å². The fourth-order valence-corrected chi connectivity index (χ4v) is 5.70. The van der Waals surface area contributed by atoms with Gasteiger partial charge in [0, 0.05) is 18.6 Å². The lowest BCUT2D eigenvalue weighted by Gasteiger charge is -2.19. The van der Waals surface area contributed by atoms with Crippen molar-refractivity contribution in [3.8, 4) is 0 Å². The first kappa shape index (κ1) is 44.7. The monoisotopic (exact) mass is 672 g/mol. The molecule has 0 rings (SSSR count). The molecule has 0 saturated heterocycles. The summed E-state index contributed by atoms with van der Waals surface area (Å²) >= 11 is 4.03. The van der Waals surface area contributed by atoms with Crippen LogP contribution in [0.5, 0.6) is 0 Å². The Morgan fingerprint density at radius 1 is 0.500 bits per heavy atom. The van der Waals surface area contributed by atoms with E-state index in [0.717, 1.165) is 38.5 Å². The molecule has 1 unspecified atom stereocenters. The standard InChI is InChI=1S/C38H73NO6S/c1-3-5-7-9-11-13-15-17-19-21-23-25-27-29-36(40)43-31-34(32-44-38(42)35(39)33-46)45-37(41)30-28-26-24-22-20-18-16-14-12-10-8-6-4-2/h34-35,46H,3-33,39H2,1-2H3/t34?,35-/m0/s1. The SMILES string of the molecule is CCCCCCCCCCCCCCCC(=O)OCC(COC(=O)[C@@H](N)CS)OC(=O)CCCCCCCCCCCCCCC. The van der Waals surface area contributed by atoms with Gasteiger partial charge in [-0.1, -0.05) is 168 Å². The number of thiol groups is 1. The lowest BCUT2D eigenvalue weighted by molar-refractivity contribution is -0.167. The minimum atomic E-state index is -0.858. The second kappa shape index (κ2) is 35.0. The van der Waals surface area contributed by atoms with Gasteiger partial charge in [0.1, 0.15) is 19.3 Å². The molecular formula is C38H73NO6S. The van der Waals surface area contributed by atoms with Crippen LogP contribution < -0.4 is 5.73 Å². The van der Waals surface area contributed by atoms with Crippen LogP contribution in [-0.4, -0.2) is 49.0 Å². The van der Waals surface area contributed by atoms with Crippen molar-refractivity contribution < 1.29 is 28.6 Å². The summed E-state index contributed by atoms with van der Waals surface area (Å²) < 4.78 is 16.2. The Hall–Kier alpha value is -1.28. The topological polar surface area (TPSA) is 105 Å². The van der Waals surface area contributed by atoms with Gasteiger partial charge >= 0.3 is 17.9 Å². The molecule has 7 nitrogen and oxygen atoms in total. The second-order valence-corrected chi connectivity index (χ2v) is 13.6. The molecule has 0 aromatic rings. The molecule has 0 fully saturated rings. The van der Waals surface area contributed by atoms with Crippen LogP contribution in [0.15, 0.2) is 0 Å². The van der Waals surface area contributed by atoms with E-state index in [-0.39, 0.29) is 30.9 Å². The maximum absolute atomic E-state index is 12.5. The van der Waals surface area contributed by atoms with Crippen molar-refractivity contribution in [2.75, 3.05) is 19.0 Å². The van der Waals surface area contributed by atoms with Gasteiger partial charge in [0.15, 0.2) is 6.10 Å². The van der Waals surface area contributed by atoms with Crippen LogP contribution in [0.4, 0.5) is 0 Å². The van der Waals surface area contributed by atoms with Gasteiger partial charge in [-0.15, -0.1) is 0 Å². The molecule has 0 aromatic heterocycles. The zero-order valence-corrected chi connectivity index (χ0v) is 30.9. The smallest absolute Gasteiger partial charge is 0.323 e. The van der Waals surface area contributed by atoms with E-state index in [1.165, 1.54) is 128 Å². The Kier molecular flexibility index (Phi) is 34.1. The van der Waals surface area contributed by atoms with Crippen LogP contribution in [-0.2, 0) is 28.6 Å². The highest BCUT2D eigenvalue weighted by molar-refractivity contribution is 7.80. The number of esters is 3. The molecule has 0 amide bonds.